The summed E-state index contributed by atoms with van der Waals surface area (Å²) in [5, 5.41) is 13.1. The van der Waals surface area contributed by atoms with Gasteiger partial charge in [-0.25, -0.2) is 9.79 Å². The number of thiazole rings is 1. The second-order valence-electron chi connectivity index (χ2n) is 9.49. The highest BCUT2D eigenvalue weighted by Crippen LogP contribution is 2.35. The zero-order chi connectivity index (χ0) is 29.5. The number of carbonyl (C=O) groups excluding carboxylic acids is 1. The summed E-state index contributed by atoms with van der Waals surface area (Å²) in [5.74, 6) is 0.248. The molecule has 1 atom stereocenters. The Hall–Kier alpha value is -4.80. The normalized spacial score (nSPS) is 15.0. The Kier molecular flexibility index (Phi) is 7.09. The first-order valence-electron chi connectivity index (χ1n) is 13.0. The van der Waals surface area contributed by atoms with Crippen LogP contribution in [-0.4, -0.2) is 22.1 Å². The molecule has 0 saturated carbocycles. The number of allylic oxidation sites excluding steroid dienone is 1. The van der Waals surface area contributed by atoms with Crippen LogP contribution in [0.25, 0.3) is 28.2 Å². The number of non-ortho nitro benzene ring substituents is 1. The lowest BCUT2D eigenvalue weighted by atomic mass is 9.91. The summed E-state index contributed by atoms with van der Waals surface area (Å²) in [5.41, 5.74) is 1.58. The van der Waals surface area contributed by atoms with Gasteiger partial charge in [0.2, 0.25) is 0 Å². The first-order chi connectivity index (χ1) is 20.3. The lowest BCUT2D eigenvalue weighted by molar-refractivity contribution is -0.384. The number of nitrogens with zero attached hydrogens (tertiary/aromatic N) is 3. The SMILES string of the molecule is CCOC(=O)C1=C(C)N=c2s/c(=C/c3ccc(-c4ccc([N+](=O)[O-])cc4Cl)o3)c(=O)n2[C@H]1c1cccc2ccccc12. The summed E-state index contributed by atoms with van der Waals surface area (Å²) in [6.07, 6.45) is 1.61. The second-order valence-corrected chi connectivity index (χ2v) is 10.9. The molecule has 9 nitrogen and oxygen atoms in total. The average molecular weight is 600 g/mol. The van der Waals surface area contributed by atoms with Crippen molar-refractivity contribution in [1.82, 2.24) is 4.57 Å². The van der Waals surface area contributed by atoms with E-state index in [1.807, 2.05) is 42.5 Å². The molecule has 3 heterocycles. The molecule has 1 aliphatic heterocycles. The Morgan fingerprint density at radius 3 is 2.71 bits per heavy atom. The number of benzene rings is 3. The monoisotopic (exact) mass is 599 g/mol. The Bertz CT molecular complexity index is 2120. The van der Waals surface area contributed by atoms with Gasteiger partial charge < -0.3 is 9.15 Å². The van der Waals surface area contributed by atoms with Crippen LogP contribution in [0.3, 0.4) is 0 Å². The van der Waals surface area contributed by atoms with Gasteiger partial charge in [0, 0.05) is 23.8 Å². The lowest BCUT2D eigenvalue weighted by Crippen LogP contribution is -2.40. The van der Waals surface area contributed by atoms with Crippen LogP contribution in [0.15, 0.2) is 98.3 Å². The predicted octanol–water partition coefficient (Wildman–Crippen LogP) is 5.77. The molecule has 0 N–H and O–H groups in total. The van der Waals surface area contributed by atoms with E-state index in [4.69, 9.17) is 20.8 Å². The number of nitro groups is 1. The maximum atomic E-state index is 14.0. The van der Waals surface area contributed by atoms with Crippen molar-refractivity contribution in [2.75, 3.05) is 6.61 Å². The molecular formula is C31H22ClN3O6S. The number of furan rings is 1. The predicted molar refractivity (Wildman–Crippen MR) is 160 cm³/mol. The maximum absolute atomic E-state index is 14.0. The van der Waals surface area contributed by atoms with Crippen molar-refractivity contribution in [3.8, 4) is 11.3 Å². The Balaban J connectivity index is 1.50. The van der Waals surface area contributed by atoms with Gasteiger partial charge in [0.1, 0.15) is 11.5 Å². The van der Waals surface area contributed by atoms with E-state index in [1.54, 1.807) is 32.1 Å². The molecule has 11 heteroatoms. The molecule has 5 aromatic rings. The molecule has 0 spiro atoms. The van der Waals surface area contributed by atoms with Crippen LogP contribution in [-0.2, 0) is 9.53 Å². The number of nitro benzene ring substituents is 1. The third-order valence-corrected chi connectivity index (χ3v) is 8.26. The molecule has 0 bridgehead atoms. The van der Waals surface area contributed by atoms with Crippen molar-refractivity contribution in [3.63, 3.8) is 0 Å². The highest BCUT2D eigenvalue weighted by molar-refractivity contribution is 7.07. The zero-order valence-electron chi connectivity index (χ0n) is 22.4. The van der Waals surface area contributed by atoms with Crippen molar-refractivity contribution in [2.24, 2.45) is 4.99 Å². The number of rotatable bonds is 6. The summed E-state index contributed by atoms with van der Waals surface area (Å²) in [7, 11) is 0. The van der Waals surface area contributed by atoms with Gasteiger partial charge in [-0.05, 0) is 48.4 Å². The van der Waals surface area contributed by atoms with E-state index in [0.29, 0.717) is 37.7 Å². The van der Waals surface area contributed by atoms with Crippen LogP contribution in [0.2, 0.25) is 5.02 Å². The zero-order valence-corrected chi connectivity index (χ0v) is 23.9. The summed E-state index contributed by atoms with van der Waals surface area (Å²) in [6.45, 7) is 3.66. The number of hydrogen-bond acceptors (Lipinski definition) is 8. The van der Waals surface area contributed by atoms with Crippen LogP contribution >= 0.6 is 22.9 Å². The molecule has 210 valence electrons. The standard InChI is InChI=1S/C31H22ClN3O6S/c1-3-40-30(37)27-17(2)33-31-34(28(27)22-10-6-8-18-7-4-5-9-21(18)22)29(36)26(42-31)16-20-12-14-25(41-20)23-13-11-19(35(38)39)15-24(23)32/h4-16,28H,3H2,1-2H3/b26-16+/t28-/m0/s1. The number of esters is 1. The van der Waals surface area contributed by atoms with Crippen LogP contribution in [0.4, 0.5) is 5.69 Å². The van der Waals surface area contributed by atoms with Gasteiger partial charge in [0.05, 0.1) is 38.4 Å². The van der Waals surface area contributed by atoms with Crippen LogP contribution in [0.1, 0.15) is 31.2 Å². The van der Waals surface area contributed by atoms with Crippen LogP contribution in [0, 0.1) is 10.1 Å². The molecule has 0 fully saturated rings. The summed E-state index contributed by atoms with van der Waals surface area (Å²) in [6, 6.07) is 20.3. The maximum Gasteiger partial charge on any atom is 0.338 e. The summed E-state index contributed by atoms with van der Waals surface area (Å²) in [4.78, 5) is 42.8. The number of carbonyl (C=O) groups is 1. The third kappa shape index (κ3) is 4.74. The molecule has 0 aliphatic carbocycles. The van der Waals surface area contributed by atoms with Gasteiger partial charge in [0.15, 0.2) is 4.80 Å². The molecule has 3 aromatic carbocycles. The Morgan fingerprint density at radius 1 is 1.17 bits per heavy atom. The van der Waals surface area contributed by atoms with Crippen molar-refractivity contribution >= 4 is 51.4 Å². The molecule has 0 radical (unpaired) electrons. The summed E-state index contributed by atoms with van der Waals surface area (Å²) >= 11 is 7.47. The minimum Gasteiger partial charge on any atom is -0.463 e. The van der Waals surface area contributed by atoms with E-state index < -0.39 is 16.9 Å². The minimum absolute atomic E-state index is 0.130. The van der Waals surface area contributed by atoms with Gasteiger partial charge in [-0.15, -0.1) is 0 Å². The highest BCUT2D eigenvalue weighted by Gasteiger charge is 2.34. The fourth-order valence-corrected chi connectivity index (χ4v) is 6.39. The van der Waals surface area contributed by atoms with Crippen LogP contribution in [0.5, 0.6) is 0 Å². The van der Waals surface area contributed by atoms with Gasteiger partial charge in [-0.2, -0.15) is 0 Å². The first-order valence-corrected chi connectivity index (χ1v) is 14.2. The highest BCUT2D eigenvalue weighted by atomic mass is 35.5. The molecule has 0 amide bonds. The van der Waals surface area contributed by atoms with Gasteiger partial charge in [0.25, 0.3) is 11.2 Å². The summed E-state index contributed by atoms with van der Waals surface area (Å²) < 4.78 is 13.3. The van der Waals surface area contributed by atoms with E-state index >= 15 is 0 Å². The molecule has 2 aromatic heterocycles. The fraction of sp³-hybridized carbons (Fsp3) is 0.129. The van der Waals surface area contributed by atoms with E-state index in [9.17, 15) is 19.7 Å². The van der Waals surface area contributed by atoms with Crippen molar-refractivity contribution in [2.45, 2.75) is 19.9 Å². The van der Waals surface area contributed by atoms with Crippen molar-refractivity contribution in [3.05, 3.63) is 130 Å². The first kappa shape index (κ1) is 27.4. The van der Waals surface area contributed by atoms with Gasteiger partial charge in [-0.1, -0.05) is 65.4 Å². The topological polar surface area (TPSA) is 117 Å². The average Bonchev–Trinajstić information content (AvgIpc) is 3.56. The van der Waals surface area contributed by atoms with Crippen molar-refractivity contribution in [1.29, 1.82) is 0 Å². The molecule has 6 rings (SSSR count). The number of hydrogen-bond donors (Lipinski definition) is 0. The largest absolute Gasteiger partial charge is 0.463 e. The van der Waals surface area contributed by atoms with E-state index in [1.165, 1.54) is 34.1 Å². The quantitative estimate of drug-likeness (QED) is 0.139. The smallest absolute Gasteiger partial charge is 0.338 e. The molecule has 42 heavy (non-hydrogen) atoms. The lowest BCUT2D eigenvalue weighted by Gasteiger charge is -2.25. The molecule has 1 aliphatic rings. The Morgan fingerprint density at radius 2 is 1.95 bits per heavy atom. The molecular weight excluding hydrogens is 578 g/mol. The minimum atomic E-state index is -0.750. The fourth-order valence-electron chi connectivity index (χ4n) is 5.10. The molecule has 0 unspecified atom stereocenters. The van der Waals surface area contributed by atoms with E-state index in [-0.39, 0.29) is 22.9 Å². The Labute approximate surface area is 247 Å². The van der Waals surface area contributed by atoms with Crippen molar-refractivity contribution < 1.29 is 18.9 Å². The third-order valence-electron chi connectivity index (χ3n) is 6.96. The van der Waals surface area contributed by atoms with E-state index in [2.05, 4.69) is 4.99 Å². The van der Waals surface area contributed by atoms with E-state index in [0.717, 1.165) is 16.3 Å². The van der Waals surface area contributed by atoms with Gasteiger partial charge >= 0.3 is 5.97 Å². The van der Waals surface area contributed by atoms with Crippen LogP contribution < -0.4 is 14.9 Å². The number of fused-ring (bicyclic) bond motifs is 2. The molecule has 0 saturated heterocycles. The number of halogens is 1. The second kappa shape index (κ2) is 10.9. The number of aromatic nitrogens is 1. The van der Waals surface area contributed by atoms with Gasteiger partial charge in [-0.3, -0.25) is 19.5 Å². The number of ether oxygens (including phenoxy) is 1.